The number of halogens is 1. The van der Waals surface area contributed by atoms with Crippen molar-refractivity contribution in [3.63, 3.8) is 0 Å². The van der Waals surface area contributed by atoms with Crippen LogP contribution in [0.3, 0.4) is 0 Å². The molecule has 5 amide bonds. The maximum absolute atomic E-state index is 13.5. The van der Waals surface area contributed by atoms with Crippen LogP contribution in [0.1, 0.15) is 32.6 Å². The van der Waals surface area contributed by atoms with Crippen LogP contribution in [0.15, 0.2) is 24.3 Å². The van der Waals surface area contributed by atoms with Crippen molar-refractivity contribution >= 4 is 35.4 Å². The standard InChI is InChI=1S/C20H22FN3O6/c1-11(24-17(26)12-6-2-3-7-13(12)18(24)27)19(28)30-10-16(25)23-20(29)22-15-9-5-4-8-14(15)21/h4-5,8-9,11-13H,2-3,6-7,10H2,1H3,(H2,22,23,25,29)/t11-,12+,13+/m0/s1. The fourth-order valence-electron chi connectivity index (χ4n) is 3.81. The fourth-order valence-corrected chi connectivity index (χ4v) is 3.81. The number of nitrogens with zero attached hydrogens (tertiary/aromatic N) is 1. The van der Waals surface area contributed by atoms with Crippen LogP contribution < -0.4 is 10.6 Å². The Bertz CT molecular complexity index is 865. The predicted molar refractivity (Wildman–Crippen MR) is 101 cm³/mol. The minimum absolute atomic E-state index is 0.124. The van der Waals surface area contributed by atoms with Crippen molar-refractivity contribution in [2.75, 3.05) is 11.9 Å². The van der Waals surface area contributed by atoms with Gasteiger partial charge in [0.15, 0.2) is 6.61 Å². The summed E-state index contributed by atoms with van der Waals surface area (Å²) in [7, 11) is 0. The van der Waals surface area contributed by atoms with Crippen molar-refractivity contribution in [3.05, 3.63) is 30.1 Å². The summed E-state index contributed by atoms with van der Waals surface area (Å²) in [5.41, 5.74) is -0.124. The van der Waals surface area contributed by atoms with Crippen LogP contribution >= 0.6 is 0 Å². The lowest BCUT2D eigenvalue weighted by Gasteiger charge is -2.21. The average Bonchev–Trinajstić information content (AvgIpc) is 2.98. The predicted octanol–water partition coefficient (Wildman–Crippen LogP) is 1.58. The van der Waals surface area contributed by atoms with Gasteiger partial charge in [-0.2, -0.15) is 0 Å². The van der Waals surface area contributed by atoms with Gasteiger partial charge in [0.1, 0.15) is 11.9 Å². The molecule has 0 aromatic heterocycles. The first kappa shape index (κ1) is 21.4. The second kappa shape index (κ2) is 9.02. The number of imide groups is 2. The molecule has 2 aliphatic rings. The van der Waals surface area contributed by atoms with Gasteiger partial charge in [0, 0.05) is 0 Å². The molecule has 1 saturated heterocycles. The van der Waals surface area contributed by atoms with E-state index in [2.05, 4.69) is 5.32 Å². The molecule has 1 aromatic carbocycles. The van der Waals surface area contributed by atoms with Crippen LogP contribution in [0.5, 0.6) is 0 Å². The van der Waals surface area contributed by atoms with E-state index in [0.717, 1.165) is 23.8 Å². The molecule has 160 valence electrons. The van der Waals surface area contributed by atoms with Gasteiger partial charge in [-0.25, -0.2) is 14.0 Å². The minimum Gasteiger partial charge on any atom is -0.454 e. The Morgan fingerprint density at radius 1 is 1.13 bits per heavy atom. The summed E-state index contributed by atoms with van der Waals surface area (Å²) < 4.78 is 18.3. The summed E-state index contributed by atoms with van der Waals surface area (Å²) in [6, 6.07) is 3.22. The van der Waals surface area contributed by atoms with Gasteiger partial charge in [-0.3, -0.25) is 24.6 Å². The lowest BCUT2D eigenvalue weighted by Crippen LogP contribution is -2.45. The Balaban J connectivity index is 1.49. The van der Waals surface area contributed by atoms with E-state index in [1.807, 2.05) is 5.32 Å². The van der Waals surface area contributed by atoms with Crippen molar-refractivity contribution < 1.29 is 33.1 Å². The van der Waals surface area contributed by atoms with Crippen LogP contribution in [0, 0.1) is 17.7 Å². The molecule has 2 N–H and O–H groups in total. The van der Waals surface area contributed by atoms with E-state index in [0.29, 0.717) is 12.8 Å². The molecule has 1 aliphatic heterocycles. The zero-order valence-electron chi connectivity index (χ0n) is 16.4. The molecule has 1 heterocycles. The minimum atomic E-state index is -1.17. The average molecular weight is 419 g/mol. The molecule has 0 spiro atoms. The third kappa shape index (κ3) is 4.47. The third-order valence-electron chi connectivity index (χ3n) is 5.32. The van der Waals surface area contributed by atoms with Crippen LogP contribution in [-0.2, 0) is 23.9 Å². The molecule has 2 fully saturated rings. The summed E-state index contributed by atoms with van der Waals surface area (Å²) in [5, 5.41) is 4.05. The van der Waals surface area contributed by atoms with Crippen LogP contribution in [-0.4, -0.2) is 47.3 Å². The molecule has 10 heteroatoms. The smallest absolute Gasteiger partial charge is 0.329 e. The van der Waals surface area contributed by atoms with E-state index in [9.17, 15) is 28.4 Å². The Morgan fingerprint density at radius 3 is 2.33 bits per heavy atom. The summed E-state index contributed by atoms with van der Waals surface area (Å²) >= 11 is 0. The highest BCUT2D eigenvalue weighted by molar-refractivity contribution is 6.08. The molecule has 9 nitrogen and oxygen atoms in total. The monoisotopic (exact) mass is 419 g/mol. The number of benzene rings is 1. The van der Waals surface area contributed by atoms with Gasteiger partial charge < -0.3 is 10.1 Å². The zero-order valence-corrected chi connectivity index (χ0v) is 16.4. The number of ether oxygens (including phenoxy) is 1. The Hall–Kier alpha value is -3.30. The maximum atomic E-state index is 13.5. The number of esters is 1. The number of hydrogen-bond acceptors (Lipinski definition) is 6. The third-order valence-corrected chi connectivity index (χ3v) is 5.32. The fraction of sp³-hybridized carbons (Fsp3) is 0.450. The summed E-state index contributed by atoms with van der Waals surface area (Å²) in [6.07, 6.45) is 2.96. The molecule has 1 saturated carbocycles. The highest BCUT2D eigenvalue weighted by Crippen LogP contribution is 2.38. The molecule has 30 heavy (non-hydrogen) atoms. The Morgan fingerprint density at radius 2 is 1.73 bits per heavy atom. The number of fused-ring (bicyclic) bond motifs is 1. The number of para-hydroxylation sites is 1. The van der Waals surface area contributed by atoms with E-state index in [-0.39, 0.29) is 17.5 Å². The topological polar surface area (TPSA) is 122 Å². The number of amides is 5. The largest absolute Gasteiger partial charge is 0.454 e. The summed E-state index contributed by atoms with van der Waals surface area (Å²) in [5.74, 6) is -4.12. The molecule has 3 rings (SSSR count). The summed E-state index contributed by atoms with van der Waals surface area (Å²) in [4.78, 5) is 61.8. The number of rotatable bonds is 5. The van der Waals surface area contributed by atoms with E-state index in [4.69, 9.17) is 4.74 Å². The van der Waals surface area contributed by atoms with Gasteiger partial charge in [0.2, 0.25) is 11.8 Å². The van der Waals surface area contributed by atoms with Gasteiger partial charge in [0.05, 0.1) is 17.5 Å². The van der Waals surface area contributed by atoms with Crippen molar-refractivity contribution in [2.24, 2.45) is 11.8 Å². The first-order valence-corrected chi connectivity index (χ1v) is 9.68. The highest BCUT2D eigenvalue weighted by Gasteiger charge is 2.51. The quantitative estimate of drug-likeness (QED) is 0.552. The number of likely N-dealkylation sites (tertiary alicyclic amines) is 1. The molecular formula is C20H22FN3O6. The molecule has 1 aliphatic carbocycles. The zero-order chi connectivity index (χ0) is 21.8. The van der Waals surface area contributed by atoms with Gasteiger partial charge in [0.25, 0.3) is 5.91 Å². The lowest BCUT2D eigenvalue weighted by molar-refractivity contribution is -0.159. The molecule has 1 aromatic rings. The first-order chi connectivity index (χ1) is 14.3. The van der Waals surface area contributed by atoms with Gasteiger partial charge in [-0.05, 0) is 31.9 Å². The van der Waals surface area contributed by atoms with Gasteiger partial charge in [-0.1, -0.05) is 25.0 Å². The highest BCUT2D eigenvalue weighted by atomic mass is 19.1. The molecule has 0 radical (unpaired) electrons. The second-order valence-corrected chi connectivity index (χ2v) is 7.31. The van der Waals surface area contributed by atoms with E-state index >= 15 is 0 Å². The molecule has 0 unspecified atom stereocenters. The lowest BCUT2D eigenvalue weighted by atomic mass is 9.81. The van der Waals surface area contributed by atoms with Gasteiger partial charge >= 0.3 is 12.0 Å². The van der Waals surface area contributed by atoms with E-state index in [1.165, 1.54) is 25.1 Å². The van der Waals surface area contributed by atoms with Crippen molar-refractivity contribution in [1.29, 1.82) is 0 Å². The van der Waals surface area contributed by atoms with Crippen LogP contribution in [0.25, 0.3) is 0 Å². The van der Waals surface area contributed by atoms with Gasteiger partial charge in [-0.15, -0.1) is 0 Å². The number of nitrogens with one attached hydrogen (secondary N) is 2. The number of carbonyl (C=O) groups is 5. The summed E-state index contributed by atoms with van der Waals surface area (Å²) in [6.45, 7) is 0.565. The van der Waals surface area contributed by atoms with Crippen molar-refractivity contribution in [1.82, 2.24) is 10.2 Å². The van der Waals surface area contributed by atoms with Crippen LogP contribution in [0.2, 0.25) is 0 Å². The maximum Gasteiger partial charge on any atom is 0.329 e. The number of urea groups is 1. The van der Waals surface area contributed by atoms with Crippen LogP contribution in [0.4, 0.5) is 14.9 Å². The number of anilines is 1. The molecule has 3 atom stereocenters. The number of hydrogen-bond donors (Lipinski definition) is 2. The molecule has 0 bridgehead atoms. The Kier molecular flexibility index (Phi) is 6.43. The Labute approximate surface area is 171 Å². The number of carbonyl (C=O) groups excluding carboxylic acids is 5. The SMILES string of the molecule is C[C@@H](C(=O)OCC(=O)NC(=O)Nc1ccccc1F)N1C(=O)[C@@H]2CCCC[C@H]2C1=O. The molecular weight excluding hydrogens is 397 g/mol. The van der Waals surface area contributed by atoms with E-state index < -0.39 is 48.2 Å². The second-order valence-electron chi connectivity index (χ2n) is 7.31. The normalized spacial score (nSPS) is 21.6. The van der Waals surface area contributed by atoms with E-state index in [1.54, 1.807) is 0 Å². The van der Waals surface area contributed by atoms with Crippen molar-refractivity contribution in [2.45, 2.75) is 38.6 Å². The first-order valence-electron chi connectivity index (χ1n) is 9.68. The van der Waals surface area contributed by atoms with Crippen molar-refractivity contribution in [3.8, 4) is 0 Å².